The molecule has 0 radical (unpaired) electrons. The third-order valence-corrected chi connectivity index (χ3v) is 6.91. The number of hydrogen-bond donors (Lipinski definition) is 2. The van der Waals surface area contributed by atoms with Gasteiger partial charge in [0.25, 0.3) is 0 Å². The topological polar surface area (TPSA) is 78.5 Å². The molecular weight excluding hydrogens is 405 g/mol. The van der Waals surface area contributed by atoms with E-state index < -0.39 is 15.9 Å². The van der Waals surface area contributed by atoms with Crippen LogP contribution in [0.4, 0.5) is 15.8 Å². The molecule has 0 aliphatic heterocycles. The Morgan fingerprint density at radius 3 is 2.47 bits per heavy atom. The second kappa shape index (κ2) is 10.0. The van der Waals surface area contributed by atoms with Crippen LogP contribution in [0.1, 0.15) is 38.5 Å². The lowest BCUT2D eigenvalue weighted by atomic mass is 9.94. The standard InChI is InChI=1S/C22H28FN3O3S/c1-26(18-8-4-2-5-9-18)21-13-12-17(16-20(21)23)25-22(27)14-15-24-30(28,29)19-10-6-3-7-11-19/h3,6-7,10-13,16,18,24H,2,4-5,8-9,14-15H2,1H3,(H,25,27). The number of nitrogens with zero attached hydrogens (tertiary/aromatic N) is 1. The molecule has 2 aromatic carbocycles. The van der Waals surface area contributed by atoms with Crippen molar-refractivity contribution in [3.8, 4) is 0 Å². The summed E-state index contributed by atoms with van der Waals surface area (Å²) >= 11 is 0. The summed E-state index contributed by atoms with van der Waals surface area (Å²) in [5.74, 6) is -0.774. The van der Waals surface area contributed by atoms with E-state index in [2.05, 4.69) is 10.0 Å². The van der Waals surface area contributed by atoms with E-state index in [0.717, 1.165) is 12.8 Å². The molecule has 1 aliphatic carbocycles. The largest absolute Gasteiger partial charge is 0.369 e. The maximum atomic E-state index is 14.6. The summed E-state index contributed by atoms with van der Waals surface area (Å²) < 4.78 is 41.3. The third-order valence-electron chi connectivity index (χ3n) is 5.43. The Bertz CT molecular complexity index is 961. The molecule has 0 spiro atoms. The minimum absolute atomic E-state index is 0.0476. The number of nitrogens with one attached hydrogen (secondary N) is 2. The van der Waals surface area contributed by atoms with E-state index in [0.29, 0.717) is 17.4 Å². The Morgan fingerprint density at radius 2 is 1.80 bits per heavy atom. The van der Waals surface area contributed by atoms with Gasteiger partial charge in [0.1, 0.15) is 5.82 Å². The van der Waals surface area contributed by atoms with Crippen molar-refractivity contribution in [3.63, 3.8) is 0 Å². The Balaban J connectivity index is 1.52. The van der Waals surface area contributed by atoms with Gasteiger partial charge in [-0.05, 0) is 43.2 Å². The second-order valence-corrected chi connectivity index (χ2v) is 9.34. The minimum Gasteiger partial charge on any atom is -0.369 e. The smallest absolute Gasteiger partial charge is 0.240 e. The zero-order chi connectivity index (χ0) is 21.6. The lowest BCUT2D eigenvalue weighted by Gasteiger charge is -2.33. The third kappa shape index (κ3) is 5.79. The fourth-order valence-corrected chi connectivity index (χ4v) is 4.79. The van der Waals surface area contributed by atoms with Crippen molar-refractivity contribution in [1.29, 1.82) is 0 Å². The molecule has 0 saturated heterocycles. The molecular formula is C22H28FN3O3S. The molecule has 162 valence electrons. The Hall–Kier alpha value is -2.45. The van der Waals surface area contributed by atoms with Crippen LogP contribution in [0.2, 0.25) is 0 Å². The summed E-state index contributed by atoms with van der Waals surface area (Å²) in [6.07, 6.45) is 5.63. The minimum atomic E-state index is -3.66. The highest BCUT2D eigenvalue weighted by atomic mass is 32.2. The van der Waals surface area contributed by atoms with Crippen LogP contribution in [0, 0.1) is 5.82 Å². The van der Waals surface area contributed by atoms with Gasteiger partial charge >= 0.3 is 0 Å². The Kier molecular flexibility index (Phi) is 7.44. The molecule has 2 aromatic rings. The van der Waals surface area contributed by atoms with Crippen molar-refractivity contribution in [1.82, 2.24) is 4.72 Å². The van der Waals surface area contributed by atoms with E-state index >= 15 is 0 Å². The summed E-state index contributed by atoms with van der Waals surface area (Å²) in [4.78, 5) is 14.3. The van der Waals surface area contributed by atoms with Crippen molar-refractivity contribution in [2.75, 3.05) is 23.8 Å². The first-order chi connectivity index (χ1) is 14.4. The Morgan fingerprint density at radius 1 is 1.10 bits per heavy atom. The molecule has 1 saturated carbocycles. The molecule has 0 aromatic heterocycles. The van der Waals surface area contributed by atoms with Crippen LogP contribution >= 0.6 is 0 Å². The Labute approximate surface area is 177 Å². The lowest BCUT2D eigenvalue weighted by molar-refractivity contribution is -0.116. The summed E-state index contributed by atoms with van der Waals surface area (Å²) in [7, 11) is -1.75. The van der Waals surface area contributed by atoms with Crippen LogP contribution in [0.15, 0.2) is 53.4 Å². The highest BCUT2D eigenvalue weighted by Crippen LogP contribution is 2.29. The average molecular weight is 434 g/mol. The molecule has 2 N–H and O–H groups in total. The van der Waals surface area contributed by atoms with Crippen LogP contribution in [-0.2, 0) is 14.8 Å². The van der Waals surface area contributed by atoms with Gasteiger partial charge in [0.2, 0.25) is 15.9 Å². The van der Waals surface area contributed by atoms with Crippen LogP contribution in [0.25, 0.3) is 0 Å². The summed E-state index contributed by atoms with van der Waals surface area (Å²) in [6.45, 7) is -0.0476. The summed E-state index contributed by atoms with van der Waals surface area (Å²) in [5.41, 5.74) is 0.875. The van der Waals surface area contributed by atoms with Gasteiger partial charge in [-0.15, -0.1) is 0 Å². The van der Waals surface area contributed by atoms with E-state index in [9.17, 15) is 17.6 Å². The number of amides is 1. The molecule has 1 fully saturated rings. The molecule has 1 amide bonds. The number of halogens is 1. The average Bonchev–Trinajstić information content (AvgIpc) is 2.74. The van der Waals surface area contributed by atoms with E-state index in [4.69, 9.17) is 0 Å². The fraction of sp³-hybridized carbons (Fsp3) is 0.409. The van der Waals surface area contributed by atoms with Crippen LogP contribution in [-0.4, -0.2) is 34.0 Å². The van der Waals surface area contributed by atoms with Crippen molar-refractivity contribution in [3.05, 3.63) is 54.3 Å². The van der Waals surface area contributed by atoms with E-state index in [1.54, 1.807) is 30.3 Å². The van der Waals surface area contributed by atoms with Gasteiger partial charge in [-0.25, -0.2) is 17.5 Å². The molecule has 3 rings (SSSR count). The molecule has 30 heavy (non-hydrogen) atoms. The van der Waals surface area contributed by atoms with Gasteiger partial charge in [-0.1, -0.05) is 37.5 Å². The molecule has 0 bridgehead atoms. The summed E-state index contributed by atoms with van der Waals surface area (Å²) in [6, 6.07) is 12.9. The van der Waals surface area contributed by atoms with E-state index in [1.165, 1.54) is 37.5 Å². The van der Waals surface area contributed by atoms with Crippen LogP contribution in [0.3, 0.4) is 0 Å². The number of sulfonamides is 1. The fourth-order valence-electron chi connectivity index (χ4n) is 3.74. The van der Waals surface area contributed by atoms with Crippen LogP contribution < -0.4 is 14.9 Å². The normalized spacial score (nSPS) is 15.0. The number of carbonyl (C=O) groups excluding carboxylic acids is 1. The van der Waals surface area contributed by atoms with E-state index in [1.807, 2.05) is 11.9 Å². The molecule has 8 heteroatoms. The van der Waals surface area contributed by atoms with Gasteiger partial charge in [0, 0.05) is 31.7 Å². The van der Waals surface area contributed by atoms with Crippen molar-refractivity contribution in [2.24, 2.45) is 0 Å². The molecule has 0 atom stereocenters. The van der Waals surface area contributed by atoms with Crippen molar-refractivity contribution >= 4 is 27.3 Å². The lowest BCUT2D eigenvalue weighted by Crippen LogP contribution is -2.33. The highest BCUT2D eigenvalue weighted by molar-refractivity contribution is 7.89. The second-order valence-electron chi connectivity index (χ2n) is 7.58. The first kappa shape index (κ1) is 22.2. The molecule has 0 heterocycles. The number of hydrogen-bond acceptors (Lipinski definition) is 4. The maximum Gasteiger partial charge on any atom is 0.240 e. The SMILES string of the molecule is CN(c1ccc(NC(=O)CCNS(=O)(=O)c2ccccc2)cc1F)C1CCCCC1. The quantitative estimate of drug-likeness (QED) is 0.662. The maximum absolute atomic E-state index is 14.6. The highest BCUT2D eigenvalue weighted by Gasteiger charge is 2.21. The molecule has 0 unspecified atom stereocenters. The predicted molar refractivity (Wildman–Crippen MR) is 117 cm³/mol. The first-order valence-electron chi connectivity index (χ1n) is 10.2. The van der Waals surface area contributed by atoms with E-state index in [-0.39, 0.29) is 23.7 Å². The van der Waals surface area contributed by atoms with Crippen molar-refractivity contribution < 1.29 is 17.6 Å². The van der Waals surface area contributed by atoms with Gasteiger partial charge in [0.05, 0.1) is 10.6 Å². The van der Waals surface area contributed by atoms with Crippen molar-refractivity contribution in [2.45, 2.75) is 49.5 Å². The zero-order valence-corrected chi connectivity index (χ0v) is 17.9. The van der Waals surface area contributed by atoms with Gasteiger partial charge in [0.15, 0.2) is 0 Å². The van der Waals surface area contributed by atoms with Gasteiger partial charge in [-0.2, -0.15) is 0 Å². The van der Waals surface area contributed by atoms with Gasteiger partial charge in [-0.3, -0.25) is 4.79 Å². The number of benzene rings is 2. The molecule has 6 nitrogen and oxygen atoms in total. The molecule has 1 aliphatic rings. The van der Waals surface area contributed by atoms with Crippen LogP contribution in [0.5, 0.6) is 0 Å². The monoisotopic (exact) mass is 433 g/mol. The van der Waals surface area contributed by atoms with Gasteiger partial charge < -0.3 is 10.2 Å². The predicted octanol–water partition coefficient (Wildman–Crippen LogP) is 3.90. The number of anilines is 2. The summed E-state index contributed by atoms with van der Waals surface area (Å²) in [5, 5.41) is 2.62. The first-order valence-corrected chi connectivity index (χ1v) is 11.7. The number of rotatable bonds is 8. The number of carbonyl (C=O) groups is 1. The zero-order valence-electron chi connectivity index (χ0n) is 17.1.